The summed E-state index contributed by atoms with van der Waals surface area (Å²) in [6, 6.07) is 6.54. The van der Waals surface area contributed by atoms with Gasteiger partial charge in [-0.1, -0.05) is 34.1 Å². The highest BCUT2D eigenvalue weighted by molar-refractivity contribution is 9.10. The second-order valence-electron chi connectivity index (χ2n) is 4.20. The highest BCUT2D eigenvalue weighted by Crippen LogP contribution is 2.26. The Kier molecular flexibility index (Phi) is 5.46. The molecule has 0 saturated heterocycles. The van der Waals surface area contributed by atoms with Gasteiger partial charge in [-0.15, -0.1) is 0 Å². The van der Waals surface area contributed by atoms with E-state index in [-0.39, 0.29) is 12.1 Å². The predicted molar refractivity (Wildman–Crippen MR) is 71.8 cm³/mol. The van der Waals surface area contributed by atoms with E-state index in [9.17, 15) is 0 Å². The molecule has 3 heteroatoms. The van der Waals surface area contributed by atoms with Gasteiger partial charge in [0.15, 0.2) is 0 Å². The summed E-state index contributed by atoms with van der Waals surface area (Å²) in [6.07, 6.45) is 0.263. The molecular weight excluding hydrogens is 266 g/mol. The van der Waals surface area contributed by atoms with Gasteiger partial charge in [-0.25, -0.2) is 0 Å². The quantitative estimate of drug-likeness (QED) is 0.895. The highest BCUT2D eigenvalue weighted by Gasteiger charge is 2.14. The number of hydrogen-bond acceptors (Lipinski definition) is 2. The molecule has 16 heavy (non-hydrogen) atoms. The first-order valence-corrected chi connectivity index (χ1v) is 6.39. The Hall–Kier alpha value is -0.380. The molecule has 0 radical (unpaired) electrons. The topological polar surface area (TPSA) is 21.3 Å². The molecule has 0 aliphatic rings. The second-order valence-corrected chi connectivity index (χ2v) is 4.99. The van der Waals surface area contributed by atoms with Crippen molar-refractivity contribution in [3.8, 4) is 0 Å². The smallest absolute Gasteiger partial charge is 0.0665 e. The number of hydrogen-bond donors (Lipinski definition) is 1. The molecule has 0 spiro atoms. The second kappa shape index (κ2) is 6.38. The molecule has 1 rings (SSSR count). The normalized spacial score (nSPS) is 13.1. The monoisotopic (exact) mass is 285 g/mol. The van der Waals surface area contributed by atoms with Crippen molar-refractivity contribution in [1.29, 1.82) is 0 Å². The lowest BCUT2D eigenvalue weighted by Crippen LogP contribution is -2.24. The van der Waals surface area contributed by atoms with Crippen LogP contribution in [-0.4, -0.2) is 19.8 Å². The van der Waals surface area contributed by atoms with Gasteiger partial charge in [-0.3, -0.25) is 0 Å². The van der Waals surface area contributed by atoms with E-state index >= 15 is 0 Å². The third kappa shape index (κ3) is 3.58. The minimum Gasteiger partial charge on any atom is -0.377 e. The van der Waals surface area contributed by atoms with Crippen molar-refractivity contribution in [3.63, 3.8) is 0 Å². The number of likely N-dealkylation sites (N-methyl/N-ethyl adjacent to an activating group) is 1. The molecule has 0 aliphatic carbocycles. The average molecular weight is 286 g/mol. The van der Waals surface area contributed by atoms with Crippen LogP contribution >= 0.6 is 15.9 Å². The molecule has 0 heterocycles. The van der Waals surface area contributed by atoms with Gasteiger partial charge in [0.25, 0.3) is 0 Å². The Morgan fingerprint density at radius 3 is 2.62 bits per heavy atom. The van der Waals surface area contributed by atoms with E-state index in [1.807, 2.05) is 7.05 Å². The lowest BCUT2D eigenvalue weighted by Gasteiger charge is -2.20. The van der Waals surface area contributed by atoms with E-state index < -0.39 is 0 Å². The van der Waals surface area contributed by atoms with E-state index in [2.05, 4.69) is 60.2 Å². The van der Waals surface area contributed by atoms with Gasteiger partial charge in [0.05, 0.1) is 18.8 Å². The fourth-order valence-corrected chi connectivity index (χ4v) is 2.10. The lowest BCUT2D eigenvalue weighted by molar-refractivity contribution is 0.0625. The Bertz CT molecular complexity index is 339. The Morgan fingerprint density at radius 2 is 2.06 bits per heavy atom. The van der Waals surface area contributed by atoms with Crippen LogP contribution in [0.1, 0.15) is 31.0 Å². The molecule has 2 nitrogen and oxygen atoms in total. The van der Waals surface area contributed by atoms with Gasteiger partial charge in [-0.2, -0.15) is 0 Å². The molecule has 1 unspecified atom stereocenters. The summed E-state index contributed by atoms with van der Waals surface area (Å²) in [5.41, 5.74) is 2.51. The standard InChI is InChI=1S/C13H20BrNO/c1-9(2)16-8-12(15-4)11-7-5-6-10(3)13(11)14/h5-7,9,12,15H,8H2,1-4H3. The summed E-state index contributed by atoms with van der Waals surface area (Å²) in [4.78, 5) is 0. The first kappa shape index (κ1) is 13.7. The van der Waals surface area contributed by atoms with Crippen LogP contribution in [0.3, 0.4) is 0 Å². The average Bonchev–Trinajstić information content (AvgIpc) is 2.24. The third-order valence-electron chi connectivity index (χ3n) is 2.54. The maximum absolute atomic E-state index is 5.66. The van der Waals surface area contributed by atoms with Crippen molar-refractivity contribution in [2.45, 2.75) is 32.9 Å². The fraction of sp³-hybridized carbons (Fsp3) is 0.538. The number of nitrogens with one attached hydrogen (secondary N) is 1. The highest BCUT2D eigenvalue weighted by atomic mass is 79.9. The molecular formula is C13H20BrNO. The minimum atomic E-state index is 0.233. The first-order valence-electron chi connectivity index (χ1n) is 5.60. The zero-order valence-electron chi connectivity index (χ0n) is 10.4. The van der Waals surface area contributed by atoms with Gasteiger partial charge in [0.1, 0.15) is 0 Å². The number of benzene rings is 1. The van der Waals surface area contributed by atoms with Crippen LogP contribution in [0.5, 0.6) is 0 Å². The van der Waals surface area contributed by atoms with Crippen molar-refractivity contribution >= 4 is 15.9 Å². The van der Waals surface area contributed by atoms with Gasteiger partial charge < -0.3 is 10.1 Å². The number of rotatable bonds is 5. The van der Waals surface area contributed by atoms with Crippen LogP contribution < -0.4 is 5.32 Å². The minimum absolute atomic E-state index is 0.233. The van der Waals surface area contributed by atoms with Gasteiger partial charge in [-0.05, 0) is 38.9 Å². The van der Waals surface area contributed by atoms with Crippen LogP contribution in [0.25, 0.3) is 0 Å². The molecule has 0 amide bonds. The van der Waals surface area contributed by atoms with Crippen LogP contribution in [0.15, 0.2) is 22.7 Å². The molecule has 0 saturated carbocycles. The maximum Gasteiger partial charge on any atom is 0.0665 e. The largest absolute Gasteiger partial charge is 0.377 e. The zero-order valence-corrected chi connectivity index (χ0v) is 12.0. The SMILES string of the molecule is CNC(COC(C)C)c1cccc(C)c1Br. The Balaban J connectivity index is 2.82. The van der Waals surface area contributed by atoms with Crippen LogP contribution in [0, 0.1) is 6.92 Å². The van der Waals surface area contributed by atoms with E-state index in [1.54, 1.807) is 0 Å². The lowest BCUT2D eigenvalue weighted by atomic mass is 10.1. The molecule has 0 aromatic heterocycles. The summed E-state index contributed by atoms with van der Waals surface area (Å²) in [5.74, 6) is 0. The summed E-state index contributed by atoms with van der Waals surface area (Å²) in [6.45, 7) is 6.90. The first-order chi connectivity index (χ1) is 7.56. The van der Waals surface area contributed by atoms with Crippen LogP contribution in [-0.2, 0) is 4.74 Å². The third-order valence-corrected chi connectivity index (χ3v) is 3.63. The Morgan fingerprint density at radius 1 is 1.38 bits per heavy atom. The zero-order chi connectivity index (χ0) is 12.1. The van der Waals surface area contributed by atoms with Crippen LogP contribution in [0.4, 0.5) is 0 Å². The number of halogens is 1. The molecule has 1 N–H and O–H groups in total. The molecule has 1 aromatic rings. The van der Waals surface area contributed by atoms with Crippen molar-refractivity contribution in [1.82, 2.24) is 5.32 Å². The number of ether oxygens (including phenoxy) is 1. The molecule has 0 bridgehead atoms. The number of aryl methyl sites for hydroxylation is 1. The van der Waals surface area contributed by atoms with Crippen molar-refractivity contribution < 1.29 is 4.74 Å². The molecule has 0 fully saturated rings. The summed E-state index contributed by atoms with van der Waals surface area (Å²) in [5, 5.41) is 3.29. The predicted octanol–water partition coefficient (Wildman–Crippen LogP) is 3.44. The van der Waals surface area contributed by atoms with Crippen molar-refractivity contribution in [3.05, 3.63) is 33.8 Å². The van der Waals surface area contributed by atoms with Gasteiger partial charge >= 0.3 is 0 Å². The van der Waals surface area contributed by atoms with E-state index in [0.29, 0.717) is 6.61 Å². The van der Waals surface area contributed by atoms with Crippen molar-refractivity contribution in [2.75, 3.05) is 13.7 Å². The molecule has 90 valence electrons. The summed E-state index contributed by atoms with van der Waals surface area (Å²) >= 11 is 3.63. The summed E-state index contributed by atoms with van der Waals surface area (Å²) < 4.78 is 6.83. The van der Waals surface area contributed by atoms with Crippen molar-refractivity contribution in [2.24, 2.45) is 0 Å². The molecule has 1 aromatic carbocycles. The van der Waals surface area contributed by atoms with Gasteiger partial charge in [0.2, 0.25) is 0 Å². The Labute approximate surface area is 107 Å². The fourth-order valence-electron chi connectivity index (χ4n) is 1.56. The van der Waals surface area contributed by atoms with E-state index in [0.717, 1.165) is 0 Å². The van der Waals surface area contributed by atoms with E-state index in [1.165, 1.54) is 15.6 Å². The van der Waals surface area contributed by atoms with E-state index in [4.69, 9.17) is 4.74 Å². The summed E-state index contributed by atoms with van der Waals surface area (Å²) in [7, 11) is 1.96. The van der Waals surface area contributed by atoms with Gasteiger partial charge in [0, 0.05) is 4.47 Å². The molecule has 0 aliphatic heterocycles. The molecule has 1 atom stereocenters. The maximum atomic E-state index is 5.66. The van der Waals surface area contributed by atoms with Crippen LogP contribution in [0.2, 0.25) is 0 Å².